The fourth-order valence-corrected chi connectivity index (χ4v) is 6.27. The number of carbonyl (C=O) groups excluding carboxylic acids is 1. The number of amidine groups is 1. The van der Waals surface area contributed by atoms with Gasteiger partial charge < -0.3 is 22.1 Å². The molecule has 0 aliphatic carbocycles. The van der Waals surface area contributed by atoms with Crippen LogP contribution in [-0.4, -0.2) is 63.0 Å². The fourth-order valence-electron chi connectivity index (χ4n) is 5.56. The van der Waals surface area contributed by atoms with Crippen LogP contribution in [0.3, 0.4) is 0 Å². The summed E-state index contributed by atoms with van der Waals surface area (Å²) in [5, 5.41) is 11.6. The molecule has 0 radical (unpaired) electrons. The molecule has 4 heterocycles. The lowest BCUT2D eigenvalue weighted by Gasteiger charge is -2.39. The predicted octanol–water partition coefficient (Wildman–Crippen LogP) is 3.26. The van der Waals surface area contributed by atoms with E-state index < -0.39 is 0 Å². The summed E-state index contributed by atoms with van der Waals surface area (Å²) in [7, 11) is 1.50. The minimum absolute atomic E-state index is 0.0135. The topological polar surface area (TPSA) is 165 Å². The molecule has 2 atom stereocenters. The maximum absolute atomic E-state index is 14.5. The molecule has 2 aromatic heterocycles. The van der Waals surface area contributed by atoms with E-state index in [1.807, 2.05) is 17.2 Å². The number of amides is 1. The number of thioether (sulfide) groups is 1. The molecule has 2 aliphatic heterocycles. The van der Waals surface area contributed by atoms with Crippen LogP contribution in [0.25, 0.3) is 22.9 Å². The van der Waals surface area contributed by atoms with Crippen molar-refractivity contribution >= 4 is 47.4 Å². The number of fused-ring (bicyclic) bond motifs is 3. The third kappa shape index (κ3) is 4.65. The SMILES string of the molecule is C=Cc1ccc(-c2cnn3c(N)c(SC)c(C4CC5CCC(C4)N5C(=O)C(N)=NC=N)nc23)cc1F.CN. The van der Waals surface area contributed by atoms with Crippen LogP contribution in [-0.2, 0) is 4.79 Å². The average molecular weight is 538 g/mol. The molecule has 5 rings (SSSR count). The molecule has 1 amide bonds. The summed E-state index contributed by atoms with van der Waals surface area (Å²) in [6.45, 7) is 3.64. The van der Waals surface area contributed by atoms with Gasteiger partial charge in [-0.3, -0.25) is 10.2 Å². The zero-order chi connectivity index (χ0) is 27.6. The molecule has 38 heavy (non-hydrogen) atoms. The Morgan fingerprint density at radius 1 is 1.29 bits per heavy atom. The number of nitrogen functional groups attached to an aromatic ring is 1. The fraction of sp³-hybridized carbons (Fsp3) is 0.346. The molecule has 2 aliphatic rings. The molecule has 0 spiro atoms. The van der Waals surface area contributed by atoms with Gasteiger partial charge in [-0.2, -0.15) is 9.61 Å². The van der Waals surface area contributed by atoms with Gasteiger partial charge in [-0.05, 0) is 50.6 Å². The molecule has 3 aromatic rings. The highest BCUT2D eigenvalue weighted by molar-refractivity contribution is 7.98. The summed E-state index contributed by atoms with van der Waals surface area (Å²) in [6, 6.07) is 4.99. The lowest BCUT2D eigenvalue weighted by molar-refractivity contribution is -0.128. The first-order valence-corrected chi connectivity index (χ1v) is 13.5. The van der Waals surface area contributed by atoms with Gasteiger partial charge in [0.15, 0.2) is 11.5 Å². The van der Waals surface area contributed by atoms with Crippen molar-refractivity contribution in [3.8, 4) is 11.1 Å². The molecule has 200 valence electrons. The number of aliphatic imine (C=N–C) groups is 1. The number of nitrogens with zero attached hydrogens (tertiary/aromatic N) is 5. The first-order chi connectivity index (χ1) is 18.4. The standard InChI is InChI=1S/C25H27FN8OS.CH5N/c1-3-13-4-5-14(10-19(13)26)18-11-31-34-23(29)21(36-2)20(32-24(18)34)15-8-16-6-7-17(9-15)33(16)25(35)22(28)30-12-27;1-2/h3-5,10-12,15-17H,1,6-9,29H2,2H3,(H3,27,28,30);2H2,1H3. The Morgan fingerprint density at radius 2 is 1.97 bits per heavy atom. The summed E-state index contributed by atoms with van der Waals surface area (Å²) in [5.74, 6) is -0.265. The van der Waals surface area contributed by atoms with Crippen LogP contribution in [0.4, 0.5) is 10.2 Å². The maximum atomic E-state index is 14.5. The highest BCUT2D eigenvalue weighted by Crippen LogP contribution is 2.46. The normalized spacial score (nSPS) is 20.7. The molecular formula is C26H32FN9OS. The van der Waals surface area contributed by atoms with E-state index in [1.165, 1.54) is 31.0 Å². The molecule has 1 aromatic carbocycles. The number of anilines is 1. The van der Waals surface area contributed by atoms with E-state index in [1.54, 1.807) is 16.8 Å². The van der Waals surface area contributed by atoms with Gasteiger partial charge in [0.25, 0.3) is 5.91 Å². The second kappa shape index (κ2) is 11.3. The van der Waals surface area contributed by atoms with E-state index in [4.69, 9.17) is 21.9 Å². The van der Waals surface area contributed by atoms with Gasteiger partial charge in [0, 0.05) is 29.1 Å². The lowest BCUT2D eigenvalue weighted by Crippen LogP contribution is -2.50. The number of hydrogen-bond acceptors (Lipinski definition) is 7. The van der Waals surface area contributed by atoms with Crippen LogP contribution >= 0.6 is 11.8 Å². The molecule has 2 fully saturated rings. The van der Waals surface area contributed by atoms with Crippen LogP contribution in [0.2, 0.25) is 0 Å². The number of rotatable bonds is 5. The van der Waals surface area contributed by atoms with Crippen molar-refractivity contribution in [1.82, 2.24) is 19.5 Å². The predicted molar refractivity (Wildman–Crippen MR) is 151 cm³/mol. The van der Waals surface area contributed by atoms with E-state index in [2.05, 4.69) is 22.4 Å². The maximum Gasteiger partial charge on any atom is 0.289 e. The van der Waals surface area contributed by atoms with Crippen LogP contribution in [0.5, 0.6) is 0 Å². The smallest absolute Gasteiger partial charge is 0.289 e. The lowest BCUT2D eigenvalue weighted by atomic mass is 9.87. The Kier molecular flexibility index (Phi) is 8.12. The van der Waals surface area contributed by atoms with Crippen molar-refractivity contribution in [2.45, 2.75) is 48.6 Å². The van der Waals surface area contributed by atoms with Crippen molar-refractivity contribution < 1.29 is 9.18 Å². The van der Waals surface area contributed by atoms with Gasteiger partial charge in [0.1, 0.15) is 18.0 Å². The minimum Gasteiger partial charge on any atom is -0.383 e. The van der Waals surface area contributed by atoms with Crippen molar-refractivity contribution in [3.05, 3.63) is 48.0 Å². The average Bonchev–Trinajstić information content (AvgIpc) is 3.47. The van der Waals surface area contributed by atoms with Crippen LogP contribution in [0.1, 0.15) is 42.9 Å². The molecule has 2 saturated heterocycles. The molecule has 7 N–H and O–H groups in total. The highest BCUT2D eigenvalue weighted by Gasteiger charge is 2.45. The Morgan fingerprint density at radius 3 is 2.55 bits per heavy atom. The van der Waals surface area contributed by atoms with Gasteiger partial charge in [-0.1, -0.05) is 24.8 Å². The van der Waals surface area contributed by atoms with E-state index >= 15 is 0 Å². The second-order valence-electron chi connectivity index (χ2n) is 9.06. The molecule has 2 bridgehead atoms. The Balaban J connectivity index is 0.00000164. The van der Waals surface area contributed by atoms with Gasteiger partial charge in [-0.15, -0.1) is 11.8 Å². The van der Waals surface area contributed by atoms with Gasteiger partial charge in [-0.25, -0.2) is 14.4 Å². The van der Waals surface area contributed by atoms with Crippen LogP contribution in [0.15, 0.2) is 40.9 Å². The van der Waals surface area contributed by atoms with Gasteiger partial charge in [0.05, 0.1) is 16.8 Å². The molecule has 2 unspecified atom stereocenters. The molecule has 10 nitrogen and oxygen atoms in total. The number of benzene rings is 1. The van der Waals surface area contributed by atoms with Crippen molar-refractivity contribution in [1.29, 1.82) is 5.41 Å². The minimum atomic E-state index is -0.366. The van der Waals surface area contributed by atoms with E-state index in [-0.39, 0.29) is 35.6 Å². The largest absolute Gasteiger partial charge is 0.383 e. The Labute approximate surface area is 224 Å². The number of nitrogens with one attached hydrogen (secondary N) is 1. The van der Waals surface area contributed by atoms with Crippen molar-refractivity contribution in [2.24, 2.45) is 16.5 Å². The summed E-state index contributed by atoms with van der Waals surface area (Å²) in [4.78, 5) is 24.3. The molecule has 0 saturated carbocycles. The third-order valence-electron chi connectivity index (χ3n) is 7.18. The van der Waals surface area contributed by atoms with Crippen molar-refractivity contribution in [2.75, 3.05) is 19.0 Å². The van der Waals surface area contributed by atoms with E-state index in [9.17, 15) is 9.18 Å². The zero-order valence-electron chi connectivity index (χ0n) is 21.4. The quantitative estimate of drug-likeness (QED) is 0.220. The van der Waals surface area contributed by atoms with Crippen LogP contribution < -0.4 is 17.2 Å². The van der Waals surface area contributed by atoms with Crippen molar-refractivity contribution in [3.63, 3.8) is 0 Å². The third-order valence-corrected chi connectivity index (χ3v) is 8.00. The summed E-state index contributed by atoms with van der Waals surface area (Å²) in [6.07, 6.45) is 9.08. The summed E-state index contributed by atoms with van der Waals surface area (Å²) in [5.41, 5.74) is 20.1. The number of aromatic nitrogens is 3. The first-order valence-electron chi connectivity index (χ1n) is 12.2. The monoisotopic (exact) mass is 537 g/mol. The number of carbonyl (C=O) groups is 1. The Bertz CT molecular complexity index is 1410. The van der Waals surface area contributed by atoms with Gasteiger partial charge in [0.2, 0.25) is 0 Å². The number of piperidine rings is 1. The highest BCUT2D eigenvalue weighted by atomic mass is 32.2. The molecular weight excluding hydrogens is 505 g/mol. The first kappa shape index (κ1) is 27.3. The number of halogens is 1. The van der Waals surface area contributed by atoms with E-state index in [0.29, 0.717) is 28.2 Å². The summed E-state index contributed by atoms with van der Waals surface area (Å²) < 4.78 is 16.1. The zero-order valence-corrected chi connectivity index (χ0v) is 22.2. The number of nitrogens with two attached hydrogens (primary N) is 3. The van der Waals surface area contributed by atoms with Crippen LogP contribution in [0, 0.1) is 11.2 Å². The molecule has 12 heteroatoms. The summed E-state index contributed by atoms with van der Waals surface area (Å²) >= 11 is 1.52. The Hall–Kier alpha value is -3.77. The second-order valence-corrected chi connectivity index (χ2v) is 9.88. The number of hydrogen-bond donors (Lipinski definition) is 4. The van der Waals surface area contributed by atoms with Gasteiger partial charge >= 0.3 is 0 Å². The van der Waals surface area contributed by atoms with E-state index in [0.717, 1.165) is 42.6 Å².